The zero-order valence-corrected chi connectivity index (χ0v) is 16.0. The van der Waals surface area contributed by atoms with Gasteiger partial charge < -0.3 is 5.32 Å². The summed E-state index contributed by atoms with van der Waals surface area (Å²) in [6.45, 7) is 7.47. The molecule has 3 aromatic rings. The molecule has 0 aliphatic rings. The molecule has 3 aromatic heterocycles. The fraction of sp³-hybridized carbons (Fsp3) is 0.375. The van der Waals surface area contributed by atoms with Crippen molar-refractivity contribution >= 4 is 27.5 Å². The van der Waals surface area contributed by atoms with E-state index < -0.39 is 0 Å². The van der Waals surface area contributed by atoms with Crippen molar-refractivity contribution in [2.24, 2.45) is 0 Å². The van der Waals surface area contributed by atoms with Crippen molar-refractivity contribution in [3.63, 3.8) is 0 Å². The third-order valence-electron chi connectivity index (χ3n) is 3.86. The number of anilines is 1. The van der Waals surface area contributed by atoms with Gasteiger partial charge in [0.2, 0.25) is 5.91 Å². The summed E-state index contributed by atoms with van der Waals surface area (Å²) in [5.41, 5.74) is 3.52. The topological polar surface area (TPSA) is 82.6 Å². The highest BCUT2D eigenvalue weighted by molar-refractivity contribution is 9.10. The highest BCUT2D eigenvalue weighted by Crippen LogP contribution is 2.19. The average Bonchev–Trinajstić information content (AvgIpc) is 3.26. The van der Waals surface area contributed by atoms with E-state index >= 15 is 0 Å². The molecule has 0 radical (unpaired) electrons. The van der Waals surface area contributed by atoms with Gasteiger partial charge in [0.1, 0.15) is 6.54 Å². The van der Waals surface area contributed by atoms with Crippen molar-refractivity contribution < 1.29 is 4.79 Å². The van der Waals surface area contributed by atoms with Crippen molar-refractivity contribution in [1.29, 1.82) is 0 Å². The Morgan fingerprint density at radius 3 is 2.60 bits per heavy atom. The molecule has 25 heavy (non-hydrogen) atoms. The van der Waals surface area contributed by atoms with E-state index in [9.17, 15) is 4.79 Å². The maximum atomic E-state index is 12.2. The highest BCUT2D eigenvalue weighted by Gasteiger charge is 2.12. The molecule has 0 aliphatic heterocycles. The number of aromatic nitrogens is 6. The number of aryl methyl sites for hydroxylation is 2. The molecule has 8 nitrogen and oxygen atoms in total. The van der Waals surface area contributed by atoms with Crippen molar-refractivity contribution in [2.45, 2.75) is 40.4 Å². The van der Waals surface area contributed by atoms with Crippen LogP contribution in [0.2, 0.25) is 0 Å². The summed E-state index contributed by atoms with van der Waals surface area (Å²) in [5, 5.41) is 15.7. The summed E-state index contributed by atoms with van der Waals surface area (Å²) in [6, 6.07) is 0. The fourth-order valence-electron chi connectivity index (χ4n) is 2.53. The van der Waals surface area contributed by atoms with Crippen LogP contribution in [0.15, 0.2) is 29.3 Å². The van der Waals surface area contributed by atoms with Gasteiger partial charge in [0.25, 0.3) is 0 Å². The Labute approximate surface area is 154 Å². The molecule has 0 saturated heterocycles. The number of hydrogen-bond donors (Lipinski definition) is 1. The first kappa shape index (κ1) is 17.4. The van der Waals surface area contributed by atoms with E-state index in [0.29, 0.717) is 12.2 Å². The van der Waals surface area contributed by atoms with Gasteiger partial charge in [0.15, 0.2) is 0 Å². The van der Waals surface area contributed by atoms with Gasteiger partial charge >= 0.3 is 0 Å². The van der Waals surface area contributed by atoms with Gasteiger partial charge in [-0.3, -0.25) is 18.8 Å². The van der Waals surface area contributed by atoms with Crippen LogP contribution in [0.4, 0.5) is 5.69 Å². The molecule has 1 amide bonds. The minimum absolute atomic E-state index is 0.142. The first-order chi connectivity index (χ1) is 12.0. The molecular weight excluding hydrogens is 386 g/mol. The van der Waals surface area contributed by atoms with Crippen molar-refractivity contribution in [2.75, 3.05) is 5.32 Å². The van der Waals surface area contributed by atoms with E-state index in [4.69, 9.17) is 0 Å². The summed E-state index contributed by atoms with van der Waals surface area (Å²) in [4.78, 5) is 12.2. The Hall–Kier alpha value is -2.42. The summed E-state index contributed by atoms with van der Waals surface area (Å²) in [6.07, 6.45) is 7.25. The van der Waals surface area contributed by atoms with Gasteiger partial charge in [0, 0.05) is 24.5 Å². The first-order valence-corrected chi connectivity index (χ1v) is 8.78. The van der Waals surface area contributed by atoms with Crippen molar-refractivity contribution in [1.82, 2.24) is 29.3 Å². The number of halogens is 1. The summed E-state index contributed by atoms with van der Waals surface area (Å²) < 4.78 is 6.25. The lowest BCUT2D eigenvalue weighted by Gasteiger charge is -2.05. The van der Waals surface area contributed by atoms with Gasteiger partial charge in [-0.2, -0.15) is 15.3 Å². The molecule has 0 bridgehead atoms. The SMILES string of the molecule is CCn1cc(Cn2cc(NC(=O)Cn3nc(C)c(Br)c3C)cn2)cn1. The smallest absolute Gasteiger partial charge is 0.246 e. The third-order valence-corrected chi connectivity index (χ3v) is 5.01. The highest BCUT2D eigenvalue weighted by atomic mass is 79.9. The molecule has 0 aliphatic carbocycles. The minimum Gasteiger partial charge on any atom is -0.322 e. The largest absolute Gasteiger partial charge is 0.322 e. The number of carbonyl (C=O) groups is 1. The van der Waals surface area contributed by atoms with E-state index in [1.165, 1.54) is 0 Å². The van der Waals surface area contributed by atoms with Crippen LogP contribution < -0.4 is 5.32 Å². The van der Waals surface area contributed by atoms with Crippen LogP contribution >= 0.6 is 15.9 Å². The molecular formula is C16H20BrN7O. The predicted molar refractivity (Wildman–Crippen MR) is 97.3 cm³/mol. The molecule has 0 atom stereocenters. The molecule has 1 N–H and O–H groups in total. The monoisotopic (exact) mass is 405 g/mol. The normalized spacial score (nSPS) is 11.0. The summed E-state index contributed by atoms with van der Waals surface area (Å²) in [5.74, 6) is -0.142. The van der Waals surface area contributed by atoms with Gasteiger partial charge in [-0.25, -0.2) is 0 Å². The second-order valence-corrected chi connectivity index (χ2v) is 6.61. The number of rotatable bonds is 6. The average molecular weight is 406 g/mol. The van der Waals surface area contributed by atoms with Gasteiger partial charge in [-0.15, -0.1) is 0 Å². The molecule has 3 heterocycles. The molecule has 0 unspecified atom stereocenters. The zero-order valence-electron chi connectivity index (χ0n) is 14.4. The van der Waals surface area contributed by atoms with E-state index in [1.807, 2.05) is 37.8 Å². The molecule has 0 saturated carbocycles. The van der Waals surface area contributed by atoms with Gasteiger partial charge in [0.05, 0.1) is 40.5 Å². The first-order valence-electron chi connectivity index (χ1n) is 7.99. The second-order valence-electron chi connectivity index (χ2n) is 5.82. The van der Waals surface area contributed by atoms with Gasteiger partial charge in [-0.05, 0) is 36.7 Å². The van der Waals surface area contributed by atoms with E-state index in [-0.39, 0.29) is 12.5 Å². The fourth-order valence-corrected chi connectivity index (χ4v) is 2.81. The number of amides is 1. The van der Waals surface area contributed by atoms with Gasteiger partial charge in [-0.1, -0.05) is 0 Å². The Morgan fingerprint density at radius 2 is 1.96 bits per heavy atom. The van der Waals surface area contributed by atoms with E-state index in [0.717, 1.165) is 28.0 Å². The Kier molecular flexibility index (Phi) is 5.03. The summed E-state index contributed by atoms with van der Waals surface area (Å²) in [7, 11) is 0. The van der Waals surface area contributed by atoms with Crippen molar-refractivity contribution in [3.8, 4) is 0 Å². The van der Waals surface area contributed by atoms with E-state index in [1.54, 1.807) is 21.8 Å². The lowest BCUT2D eigenvalue weighted by Crippen LogP contribution is -2.20. The quantitative estimate of drug-likeness (QED) is 0.682. The van der Waals surface area contributed by atoms with E-state index in [2.05, 4.69) is 36.5 Å². The zero-order chi connectivity index (χ0) is 18.0. The van der Waals surface area contributed by atoms with Crippen LogP contribution in [0.3, 0.4) is 0 Å². The maximum absolute atomic E-state index is 12.2. The molecule has 132 valence electrons. The number of carbonyl (C=O) groups excluding carboxylic acids is 1. The number of nitrogens with zero attached hydrogens (tertiary/aromatic N) is 6. The second kappa shape index (κ2) is 7.22. The molecule has 3 rings (SSSR count). The number of nitrogens with one attached hydrogen (secondary N) is 1. The van der Waals surface area contributed by atoms with Crippen LogP contribution in [0.1, 0.15) is 23.9 Å². The number of hydrogen-bond acceptors (Lipinski definition) is 4. The van der Waals surface area contributed by atoms with Crippen LogP contribution in [-0.2, 0) is 24.4 Å². The van der Waals surface area contributed by atoms with Crippen LogP contribution in [0.5, 0.6) is 0 Å². The minimum atomic E-state index is -0.142. The molecule has 0 fully saturated rings. The maximum Gasteiger partial charge on any atom is 0.246 e. The molecule has 0 aromatic carbocycles. The Morgan fingerprint density at radius 1 is 1.20 bits per heavy atom. The predicted octanol–water partition coefficient (Wildman–Crippen LogP) is 2.36. The van der Waals surface area contributed by atoms with Crippen molar-refractivity contribution in [3.05, 3.63) is 46.2 Å². The van der Waals surface area contributed by atoms with Crippen LogP contribution in [0.25, 0.3) is 0 Å². The Bertz CT molecular complexity index is 892. The lowest BCUT2D eigenvalue weighted by molar-refractivity contribution is -0.116. The van der Waals surface area contributed by atoms with Crippen LogP contribution in [0, 0.1) is 13.8 Å². The standard InChI is InChI=1S/C16H20BrN7O/c1-4-22-7-13(5-18-22)8-23-9-14(6-19-23)20-15(25)10-24-12(3)16(17)11(2)21-24/h5-7,9H,4,8,10H2,1-3H3,(H,20,25). The molecule has 9 heteroatoms. The Balaban J connectivity index is 1.60. The lowest BCUT2D eigenvalue weighted by atomic mass is 10.4. The summed E-state index contributed by atoms with van der Waals surface area (Å²) >= 11 is 3.46. The van der Waals surface area contributed by atoms with Crippen LogP contribution in [-0.4, -0.2) is 35.2 Å². The third kappa shape index (κ3) is 3.98. The molecule has 0 spiro atoms.